The van der Waals surface area contributed by atoms with Crippen LogP contribution < -0.4 is 14.8 Å². The molecule has 11 heteroatoms. The molecule has 3 amide bonds. The molecule has 0 saturated carbocycles. The van der Waals surface area contributed by atoms with E-state index in [9.17, 15) is 19.2 Å². The van der Waals surface area contributed by atoms with E-state index in [0.29, 0.717) is 27.2 Å². The van der Waals surface area contributed by atoms with E-state index in [1.165, 1.54) is 27.2 Å². The zero-order valence-corrected chi connectivity index (χ0v) is 21.8. The first-order valence-electron chi connectivity index (χ1n) is 10.4. The van der Waals surface area contributed by atoms with E-state index in [4.69, 9.17) is 9.47 Å². The highest BCUT2D eigenvalue weighted by Crippen LogP contribution is 2.39. The van der Waals surface area contributed by atoms with E-state index in [2.05, 4.69) is 26.0 Å². The van der Waals surface area contributed by atoms with E-state index >= 15 is 0 Å². The van der Waals surface area contributed by atoms with Crippen molar-refractivity contribution >= 4 is 62.5 Å². The van der Waals surface area contributed by atoms with Crippen molar-refractivity contribution in [3.8, 4) is 11.5 Å². The molecule has 184 valence electrons. The van der Waals surface area contributed by atoms with Crippen LogP contribution >= 0.6 is 27.7 Å². The van der Waals surface area contributed by atoms with Crippen LogP contribution in [-0.4, -0.2) is 54.8 Å². The summed E-state index contributed by atoms with van der Waals surface area (Å²) < 4.78 is 16.2. The van der Waals surface area contributed by atoms with E-state index in [1.54, 1.807) is 24.3 Å². The van der Waals surface area contributed by atoms with Gasteiger partial charge in [0, 0.05) is 5.69 Å². The Morgan fingerprint density at radius 3 is 2.49 bits per heavy atom. The number of aryl methyl sites for hydroxylation is 1. The second kappa shape index (κ2) is 11.4. The molecule has 1 atom stereocenters. The van der Waals surface area contributed by atoms with Gasteiger partial charge in [0.25, 0.3) is 17.1 Å². The van der Waals surface area contributed by atoms with Gasteiger partial charge in [0.05, 0.1) is 23.6 Å². The van der Waals surface area contributed by atoms with Gasteiger partial charge in [0.15, 0.2) is 18.1 Å². The maximum absolute atomic E-state index is 12.7. The minimum atomic E-state index is -1.04. The molecule has 0 unspecified atom stereocenters. The van der Waals surface area contributed by atoms with Crippen molar-refractivity contribution in [2.45, 2.75) is 19.9 Å². The predicted molar refractivity (Wildman–Crippen MR) is 135 cm³/mol. The topological polar surface area (TPSA) is 111 Å². The van der Waals surface area contributed by atoms with Crippen LogP contribution in [0.2, 0.25) is 0 Å². The van der Waals surface area contributed by atoms with Crippen molar-refractivity contribution in [2.24, 2.45) is 0 Å². The largest absolute Gasteiger partial charge is 0.493 e. The highest BCUT2D eigenvalue weighted by molar-refractivity contribution is 9.10. The molecular weight excluding hydrogens is 540 g/mol. The molecule has 1 saturated heterocycles. The van der Waals surface area contributed by atoms with Crippen LogP contribution in [0.5, 0.6) is 11.5 Å². The van der Waals surface area contributed by atoms with Gasteiger partial charge in [-0.05, 0) is 77.4 Å². The average Bonchev–Trinajstić information content (AvgIpc) is 3.10. The molecule has 35 heavy (non-hydrogen) atoms. The first-order chi connectivity index (χ1) is 16.6. The fourth-order valence-corrected chi connectivity index (χ4v) is 4.66. The van der Waals surface area contributed by atoms with E-state index in [0.717, 1.165) is 22.2 Å². The third-order valence-electron chi connectivity index (χ3n) is 4.99. The van der Waals surface area contributed by atoms with Crippen molar-refractivity contribution in [1.82, 2.24) is 4.90 Å². The van der Waals surface area contributed by atoms with Gasteiger partial charge in [-0.3, -0.25) is 19.3 Å². The second-order valence-electron chi connectivity index (χ2n) is 7.49. The van der Waals surface area contributed by atoms with Gasteiger partial charge in [-0.25, -0.2) is 4.79 Å². The quantitative estimate of drug-likeness (QED) is 0.372. The van der Waals surface area contributed by atoms with Gasteiger partial charge < -0.3 is 19.5 Å². The maximum Gasteiger partial charge on any atom is 0.328 e. The summed E-state index contributed by atoms with van der Waals surface area (Å²) in [5, 5.41) is 2.19. The van der Waals surface area contributed by atoms with Gasteiger partial charge in [-0.2, -0.15) is 0 Å². The molecule has 0 aliphatic carbocycles. The summed E-state index contributed by atoms with van der Waals surface area (Å²) in [5.74, 6) is -1.01. The summed E-state index contributed by atoms with van der Waals surface area (Å²) in [5.41, 5.74) is 2.28. The number of hydrogen-bond donors (Lipinski definition) is 1. The first-order valence-corrected chi connectivity index (χ1v) is 12.0. The van der Waals surface area contributed by atoms with Crippen molar-refractivity contribution in [3.05, 3.63) is 56.9 Å². The van der Waals surface area contributed by atoms with Crippen LogP contribution in [0, 0.1) is 6.92 Å². The van der Waals surface area contributed by atoms with Crippen molar-refractivity contribution in [2.75, 3.05) is 26.1 Å². The fraction of sp³-hybridized carbons (Fsp3) is 0.250. The fourth-order valence-electron chi connectivity index (χ4n) is 3.18. The third-order valence-corrected chi connectivity index (χ3v) is 6.46. The zero-order valence-electron chi connectivity index (χ0n) is 19.4. The lowest BCUT2D eigenvalue weighted by Gasteiger charge is -2.18. The minimum absolute atomic E-state index is 0.144. The number of hydrogen-bond acceptors (Lipinski definition) is 8. The second-order valence-corrected chi connectivity index (χ2v) is 9.34. The number of nitrogens with zero attached hydrogens (tertiary/aromatic N) is 1. The highest BCUT2D eigenvalue weighted by Gasteiger charge is 2.41. The Hall–Kier alpha value is -3.31. The number of amides is 3. The Balaban J connectivity index is 1.75. The van der Waals surface area contributed by atoms with Crippen molar-refractivity contribution in [1.29, 1.82) is 0 Å². The lowest BCUT2D eigenvalue weighted by Crippen LogP contribution is -2.42. The van der Waals surface area contributed by atoms with Crippen LogP contribution in [0.25, 0.3) is 6.08 Å². The van der Waals surface area contributed by atoms with Gasteiger partial charge in [0.2, 0.25) is 0 Å². The lowest BCUT2D eigenvalue weighted by molar-refractivity contribution is -0.148. The van der Waals surface area contributed by atoms with Gasteiger partial charge in [-0.1, -0.05) is 17.7 Å². The summed E-state index contributed by atoms with van der Waals surface area (Å²) in [6.07, 6.45) is 1.51. The summed E-state index contributed by atoms with van der Waals surface area (Å²) in [6, 6.07) is 9.60. The lowest BCUT2D eigenvalue weighted by atomic mass is 10.1. The van der Waals surface area contributed by atoms with Crippen LogP contribution in [0.4, 0.5) is 10.5 Å². The number of halogens is 1. The number of rotatable bonds is 8. The molecule has 9 nitrogen and oxygen atoms in total. The van der Waals surface area contributed by atoms with Crippen LogP contribution in [0.1, 0.15) is 18.1 Å². The molecule has 0 spiro atoms. The number of methoxy groups -OCH3 is 2. The Labute approximate surface area is 214 Å². The predicted octanol–water partition coefficient (Wildman–Crippen LogP) is 4.38. The SMILES string of the molecule is COC(=O)[C@@H](C)N1C(=O)S/C(=C/c2cc(Br)c(OCC(=O)Nc3ccc(C)cc3)c(OC)c2)C1=O. The van der Waals surface area contributed by atoms with Crippen LogP contribution in [0.3, 0.4) is 0 Å². The van der Waals surface area contributed by atoms with E-state index in [-0.39, 0.29) is 17.4 Å². The first kappa shape index (κ1) is 26.3. The molecule has 2 aromatic carbocycles. The minimum Gasteiger partial charge on any atom is -0.493 e. The molecule has 1 aliphatic heterocycles. The molecule has 2 aromatic rings. The molecular formula is C24H23BrN2O7S. The highest BCUT2D eigenvalue weighted by atomic mass is 79.9. The van der Waals surface area contributed by atoms with E-state index < -0.39 is 23.2 Å². The zero-order chi connectivity index (χ0) is 25.7. The number of nitrogens with one attached hydrogen (secondary N) is 1. The van der Waals surface area contributed by atoms with Crippen molar-refractivity contribution in [3.63, 3.8) is 0 Å². The van der Waals surface area contributed by atoms with Crippen LogP contribution in [-0.2, 0) is 19.1 Å². The number of esters is 1. The standard InChI is InChI=1S/C24H23BrN2O7S/c1-13-5-7-16(8-6-13)26-20(28)12-34-21-17(25)9-15(10-18(21)32-3)11-19-22(29)27(24(31)35-19)14(2)23(30)33-4/h5-11,14H,12H2,1-4H3,(H,26,28)/b19-11+/t14-/m1/s1. The Morgan fingerprint density at radius 2 is 1.86 bits per heavy atom. The molecule has 0 aromatic heterocycles. The number of carbonyl (C=O) groups is 4. The Morgan fingerprint density at radius 1 is 1.17 bits per heavy atom. The van der Waals surface area contributed by atoms with Crippen LogP contribution in [0.15, 0.2) is 45.8 Å². The van der Waals surface area contributed by atoms with Crippen molar-refractivity contribution < 1.29 is 33.4 Å². The van der Waals surface area contributed by atoms with E-state index in [1.807, 2.05) is 19.1 Å². The molecule has 0 radical (unpaired) electrons. The number of imide groups is 1. The average molecular weight is 563 g/mol. The van der Waals surface area contributed by atoms with Gasteiger partial charge in [-0.15, -0.1) is 0 Å². The third kappa shape index (κ3) is 6.23. The normalized spacial score (nSPS) is 15.2. The number of thioether (sulfide) groups is 1. The maximum atomic E-state index is 12.7. The summed E-state index contributed by atoms with van der Waals surface area (Å²) in [7, 11) is 2.63. The molecule has 1 aliphatic rings. The number of benzene rings is 2. The summed E-state index contributed by atoms with van der Waals surface area (Å²) in [4.78, 5) is 50.1. The molecule has 1 N–H and O–H groups in total. The molecule has 1 fully saturated rings. The van der Waals surface area contributed by atoms with Gasteiger partial charge >= 0.3 is 5.97 Å². The summed E-state index contributed by atoms with van der Waals surface area (Å²) >= 11 is 4.13. The Bertz CT molecular complexity index is 1200. The number of anilines is 1. The number of ether oxygens (including phenoxy) is 3. The monoisotopic (exact) mass is 562 g/mol. The number of carbonyl (C=O) groups excluding carboxylic acids is 4. The molecule has 1 heterocycles. The molecule has 3 rings (SSSR count). The summed E-state index contributed by atoms with van der Waals surface area (Å²) in [6.45, 7) is 3.12. The Kier molecular flexibility index (Phi) is 8.57. The smallest absolute Gasteiger partial charge is 0.328 e. The van der Waals surface area contributed by atoms with Gasteiger partial charge in [0.1, 0.15) is 6.04 Å². The molecule has 0 bridgehead atoms.